The number of methoxy groups -OCH3 is 2. The summed E-state index contributed by atoms with van der Waals surface area (Å²) in [4.78, 5) is 22.2. The molecule has 0 aliphatic heterocycles. The second-order valence-corrected chi connectivity index (χ2v) is 2.92. The quantitative estimate of drug-likeness (QED) is 0.507. The van der Waals surface area contributed by atoms with Gasteiger partial charge in [0.25, 0.3) is 0 Å². The number of ether oxygens (including phenoxy) is 2. The Bertz CT molecular complexity index is 243. The minimum absolute atomic E-state index is 0.181. The van der Waals surface area contributed by atoms with Gasteiger partial charge < -0.3 is 9.47 Å². The Balaban J connectivity index is 4.41. The summed E-state index contributed by atoms with van der Waals surface area (Å²) in [6, 6.07) is 0. The number of carbonyl (C=O) groups is 2. The monoisotopic (exact) mass is 200 g/mol. The highest BCUT2D eigenvalue weighted by molar-refractivity contribution is 5.89. The zero-order valence-electron chi connectivity index (χ0n) is 8.99. The lowest BCUT2D eigenvalue weighted by Crippen LogP contribution is -2.16. The van der Waals surface area contributed by atoms with E-state index in [0.29, 0.717) is 5.57 Å². The Labute approximate surface area is 83.9 Å². The van der Waals surface area contributed by atoms with Gasteiger partial charge in [0.15, 0.2) is 0 Å². The van der Waals surface area contributed by atoms with Gasteiger partial charge in [0.05, 0.1) is 20.6 Å². The molecule has 80 valence electrons. The first-order chi connectivity index (χ1) is 6.56. The van der Waals surface area contributed by atoms with Crippen molar-refractivity contribution in [2.24, 2.45) is 5.92 Å². The normalized spacial score (nSPS) is 13.3. The lowest BCUT2D eigenvalue weighted by Gasteiger charge is -2.12. The third-order valence-corrected chi connectivity index (χ3v) is 1.96. The van der Waals surface area contributed by atoms with Crippen LogP contribution in [0.3, 0.4) is 0 Å². The Kier molecular flexibility index (Phi) is 5.60. The first-order valence-electron chi connectivity index (χ1n) is 4.38. The van der Waals surface area contributed by atoms with E-state index in [2.05, 4.69) is 9.47 Å². The molecule has 0 fully saturated rings. The molecule has 0 aliphatic carbocycles. The van der Waals surface area contributed by atoms with Crippen LogP contribution in [-0.4, -0.2) is 26.2 Å². The van der Waals surface area contributed by atoms with Gasteiger partial charge in [-0.15, -0.1) is 0 Å². The molecule has 0 radical (unpaired) electrons. The van der Waals surface area contributed by atoms with Gasteiger partial charge in [-0.25, -0.2) is 4.79 Å². The van der Waals surface area contributed by atoms with Gasteiger partial charge >= 0.3 is 11.9 Å². The minimum Gasteiger partial charge on any atom is -0.469 e. The predicted molar refractivity (Wildman–Crippen MR) is 51.6 cm³/mol. The highest BCUT2D eigenvalue weighted by Gasteiger charge is 2.19. The van der Waals surface area contributed by atoms with Crippen LogP contribution in [0.15, 0.2) is 11.6 Å². The molecule has 0 saturated heterocycles. The van der Waals surface area contributed by atoms with Crippen molar-refractivity contribution in [3.05, 3.63) is 11.6 Å². The zero-order chi connectivity index (χ0) is 11.1. The molecule has 0 aliphatic rings. The van der Waals surface area contributed by atoms with Gasteiger partial charge in [-0.3, -0.25) is 4.79 Å². The van der Waals surface area contributed by atoms with E-state index in [1.165, 1.54) is 14.2 Å². The van der Waals surface area contributed by atoms with E-state index in [0.717, 1.165) is 0 Å². The van der Waals surface area contributed by atoms with Crippen LogP contribution in [0.4, 0.5) is 0 Å². The van der Waals surface area contributed by atoms with Gasteiger partial charge in [-0.2, -0.15) is 0 Å². The van der Waals surface area contributed by atoms with E-state index in [9.17, 15) is 9.59 Å². The molecule has 0 rings (SSSR count). The van der Waals surface area contributed by atoms with Crippen LogP contribution in [-0.2, 0) is 19.1 Å². The van der Waals surface area contributed by atoms with Crippen molar-refractivity contribution in [3.63, 3.8) is 0 Å². The lowest BCUT2D eigenvalue weighted by atomic mass is 9.97. The highest BCUT2D eigenvalue weighted by atomic mass is 16.5. The van der Waals surface area contributed by atoms with Gasteiger partial charge in [0.2, 0.25) is 0 Å². The molecule has 0 amide bonds. The number of allylic oxidation sites excluding steroid dienone is 1. The van der Waals surface area contributed by atoms with E-state index in [1.54, 1.807) is 19.9 Å². The van der Waals surface area contributed by atoms with Crippen LogP contribution in [0, 0.1) is 5.92 Å². The van der Waals surface area contributed by atoms with Gasteiger partial charge in [-0.05, 0) is 12.8 Å². The molecule has 0 aromatic carbocycles. The Morgan fingerprint density at radius 2 is 1.86 bits per heavy atom. The first kappa shape index (κ1) is 12.7. The highest BCUT2D eigenvalue weighted by Crippen LogP contribution is 2.16. The summed E-state index contributed by atoms with van der Waals surface area (Å²) in [7, 11) is 2.64. The SMILES string of the molecule is C/C=C(\C(=O)OC)[C@H](C)CC(=O)OC. The molecule has 0 spiro atoms. The maximum Gasteiger partial charge on any atom is 0.333 e. The molecule has 0 aromatic heterocycles. The molecule has 0 heterocycles. The smallest absolute Gasteiger partial charge is 0.333 e. The molecule has 0 saturated carbocycles. The fraction of sp³-hybridized carbons (Fsp3) is 0.600. The molecule has 0 N–H and O–H groups in total. The van der Waals surface area contributed by atoms with Crippen molar-refractivity contribution in [1.82, 2.24) is 0 Å². The number of carbonyl (C=O) groups excluding carboxylic acids is 2. The maximum atomic E-state index is 11.2. The second-order valence-electron chi connectivity index (χ2n) is 2.92. The molecule has 4 nitrogen and oxygen atoms in total. The predicted octanol–water partition coefficient (Wildman–Crippen LogP) is 1.30. The minimum atomic E-state index is -0.399. The summed E-state index contributed by atoms with van der Waals surface area (Å²) < 4.78 is 9.09. The number of esters is 2. The van der Waals surface area contributed by atoms with E-state index in [4.69, 9.17) is 0 Å². The molecule has 1 atom stereocenters. The number of hydrogen-bond donors (Lipinski definition) is 0. The maximum absolute atomic E-state index is 11.2. The molecule has 14 heavy (non-hydrogen) atoms. The fourth-order valence-corrected chi connectivity index (χ4v) is 1.16. The van der Waals surface area contributed by atoms with E-state index in [-0.39, 0.29) is 18.3 Å². The first-order valence-corrected chi connectivity index (χ1v) is 4.38. The molecular formula is C10H16O4. The van der Waals surface area contributed by atoms with Crippen molar-refractivity contribution in [2.45, 2.75) is 20.3 Å². The summed E-state index contributed by atoms with van der Waals surface area (Å²) in [5.74, 6) is -0.912. The average Bonchev–Trinajstić information content (AvgIpc) is 2.18. The molecule has 0 bridgehead atoms. The van der Waals surface area contributed by atoms with Crippen molar-refractivity contribution in [2.75, 3.05) is 14.2 Å². The third kappa shape index (κ3) is 3.60. The van der Waals surface area contributed by atoms with Crippen molar-refractivity contribution in [3.8, 4) is 0 Å². The number of hydrogen-bond acceptors (Lipinski definition) is 4. The van der Waals surface area contributed by atoms with Crippen molar-refractivity contribution in [1.29, 1.82) is 0 Å². The van der Waals surface area contributed by atoms with Crippen molar-refractivity contribution < 1.29 is 19.1 Å². The molecule has 4 heteroatoms. The standard InChI is InChI=1S/C10H16O4/c1-5-8(10(12)14-4)7(2)6-9(11)13-3/h5,7H,6H2,1-4H3/b8-5-/t7-/m1/s1. The Morgan fingerprint density at radius 3 is 2.21 bits per heavy atom. The van der Waals surface area contributed by atoms with Gasteiger partial charge in [-0.1, -0.05) is 13.0 Å². The zero-order valence-corrected chi connectivity index (χ0v) is 8.99. The molecule has 0 unspecified atom stereocenters. The van der Waals surface area contributed by atoms with E-state index < -0.39 is 5.97 Å². The van der Waals surface area contributed by atoms with Crippen LogP contribution in [0.5, 0.6) is 0 Å². The van der Waals surface area contributed by atoms with Gasteiger partial charge in [0.1, 0.15) is 0 Å². The molecule has 0 aromatic rings. The average molecular weight is 200 g/mol. The summed E-state index contributed by atoms with van der Waals surface area (Å²) in [5, 5.41) is 0. The topological polar surface area (TPSA) is 52.6 Å². The van der Waals surface area contributed by atoms with Gasteiger partial charge in [0, 0.05) is 5.57 Å². The van der Waals surface area contributed by atoms with Crippen LogP contribution in [0.25, 0.3) is 0 Å². The molecular weight excluding hydrogens is 184 g/mol. The largest absolute Gasteiger partial charge is 0.469 e. The fourth-order valence-electron chi connectivity index (χ4n) is 1.16. The summed E-state index contributed by atoms with van der Waals surface area (Å²) in [5.41, 5.74) is 0.498. The van der Waals surface area contributed by atoms with Crippen LogP contribution >= 0.6 is 0 Å². The van der Waals surface area contributed by atoms with Crippen LogP contribution in [0.1, 0.15) is 20.3 Å². The van der Waals surface area contributed by atoms with E-state index in [1.807, 2.05) is 0 Å². The number of rotatable bonds is 4. The summed E-state index contributed by atoms with van der Waals surface area (Å²) in [6.07, 6.45) is 1.84. The second kappa shape index (κ2) is 6.18. The third-order valence-electron chi connectivity index (χ3n) is 1.96. The van der Waals surface area contributed by atoms with Crippen LogP contribution < -0.4 is 0 Å². The summed E-state index contributed by atoms with van der Waals surface area (Å²) in [6.45, 7) is 3.52. The van der Waals surface area contributed by atoms with E-state index >= 15 is 0 Å². The van der Waals surface area contributed by atoms with Crippen LogP contribution in [0.2, 0.25) is 0 Å². The Morgan fingerprint density at radius 1 is 1.29 bits per heavy atom. The van der Waals surface area contributed by atoms with Crippen molar-refractivity contribution >= 4 is 11.9 Å². The lowest BCUT2D eigenvalue weighted by molar-refractivity contribution is -0.141. The Hall–Kier alpha value is -1.32. The summed E-state index contributed by atoms with van der Waals surface area (Å²) >= 11 is 0.